The van der Waals surface area contributed by atoms with E-state index in [2.05, 4.69) is 25.8 Å². The summed E-state index contributed by atoms with van der Waals surface area (Å²) >= 11 is 0. The van der Waals surface area contributed by atoms with E-state index in [0.717, 1.165) is 29.8 Å². The molecule has 4 aromatic carbocycles. The zero-order valence-electron chi connectivity index (χ0n) is 28.5. The van der Waals surface area contributed by atoms with E-state index in [1.54, 1.807) is 12.1 Å². The minimum Gasteiger partial charge on any atom is -0.506 e. The average molecular weight is 690 g/mol. The molecule has 1 aliphatic rings. The third kappa shape index (κ3) is 9.20. The topological polar surface area (TPSA) is 156 Å². The lowest BCUT2D eigenvalue weighted by Crippen LogP contribution is -2.39. The number of rotatable bonds is 12. The molecule has 6 N–H and O–H groups in total. The number of likely N-dealkylation sites (tertiary alicyclic amines) is 1. The number of aromatic hydroxyl groups is 1. The van der Waals surface area contributed by atoms with Gasteiger partial charge in [0, 0.05) is 61.3 Å². The number of nitrogens with one attached hydrogen (secondary N) is 4. The maximum absolute atomic E-state index is 12.7. The van der Waals surface area contributed by atoms with Gasteiger partial charge in [-0.1, -0.05) is 66.7 Å². The number of carbonyl (C=O) groups excluding carboxylic acids is 2. The number of benzene rings is 4. The Labute approximate surface area is 296 Å². The van der Waals surface area contributed by atoms with Gasteiger partial charge in [-0.3, -0.25) is 14.9 Å². The van der Waals surface area contributed by atoms with Crippen LogP contribution in [0.5, 0.6) is 5.75 Å². The van der Waals surface area contributed by atoms with Crippen LogP contribution >= 0.6 is 0 Å². The number of aromatic amines is 1. The number of hydrogen-bond donors (Lipinski definition) is 6. The predicted molar refractivity (Wildman–Crippen MR) is 199 cm³/mol. The first-order valence-corrected chi connectivity index (χ1v) is 17.2. The number of piperidine rings is 1. The van der Waals surface area contributed by atoms with E-state index >= 15 is 0 Å². The van der Waals surface area contributed by atoms with Gasteiger partial charge in [0.2, 0.25) is 11.5 Å². The van der Waals surface area contributed by atoms with Crippen molar-refractivity contribution in [2.24, 2.45) is 0 Å². The number of hydrogen-bond acceptors (Lipinski definition) is 8. The van der Waals surface area contributed by atoms with Gasteiger partial charge in [0.25, 0.3) is 0 Å². The summed E-state index contributed by atoms with van der Waals surface area (Å²) in [6, 6.07) is 31.1. The highest BCUT2D eigenvalue weighted by molar-refractivity contribution is 5.92. The Balaban J connectivity index is 0.903. The number of aromatic nitrogens is 1. The molecule has 0 bridgehead atoms. The Morgan fingerprint density at radius 3 is 2.39 bits per heavy atom. The summed E-state index contributed by atoms with van der Waals surface area (Å²) in [4.78, 5) is 42.0. The third-order valence-corrected chi connectivity index (χ3v) is 9.29. The van der Waals surface area contributed by atoms with Crippen LogP contribution in [0.1, 0.15) is 49.5 Å². The number of pyridine rings is 1. The smallest absolute Gasteiger partial charge is 0.411 e. The fraction of sp³-hybridized carbons (Fsp3) is 0.275. The van der Waals surface area contributed by atoms with Crippen LogP contribution in [0.4, 0.5) is 16.2 Å². The molecule has 2 heterocycles. The summed E-state index contributed by atoms with van der Waals surface area (Å²) in [5.41, 5.74) is 4.90. The van der Waals surface area contributed by atoms with Crippen LogP contribution in [0, 0.1) is 0 Å². The van der Waals surface area contributed by atoms with E-state index in [1.165, 1.54) is 12.1 Å². The molecule has 1 saturated heterocycles. The molecule has 0 radical (unpaired) electrons. The Hall–Kier alpha value is -5.49. The first kappa shape index (κ1) is 35.3. The van der Waals surface area contributed by atoms with Crippen molar-refractivity contribution in [3.8, 4) is 16.9 Å². The number of para-hydroxylation sites is 1. The van der Waals surface area contributed by atoms with E-state index in [0.29, 0.717) is 53.6 Å². The maximum Gasteiger partial charge on any atom is 0.411 e. The van der Waals surface area contributed by atoms with Crippen molar-refractivity contribution in [3.05, 3.63) is 125 Å². The highest BCUT2D eigenvalue weighted by Crippen LogP contribution is 2.30. The number of anilines is 2. The number of aliphatic hydroxyl groups is 1. The van der Waals surface area contributed by atoms with E-state index in [-0.39, 0.29) is 35.9 Å². The van der Waals surface area contributed by atoms with Crippen LogP contribution in [0.2, 0.25) is 0 Å². The van der Waals surface area contributed by atoms with Gasteiger partial charge in [0.15, 0.2) is 0 Å². The van der Waals surface area contributed by atoms with Gasteiger partial charge >= 0.3 is 6.09 Å². The Morgan fingerprint density at radius 2 is 1.63 bits per heavy atom. The third-order valence-electron chi connectivity index (χ3n) is 9.29. The quantitative estimate of drug-likeness (QED) is 0.0889. The lowest BCUT2D eigenvalue weighted by Gasteiger charge is -2.31. The zero-order valence-corrected chi connectivity index (χ0v) is 28.5. The Bertz CT molecular complexity index is 2010. The molecular weight excluding hydrogens is 646 g/mol. The average Bonchev–Trinajstić information content (AvgIpc) is 3.14. The standard InChI is InChI=1S/C40H43N5O6/c1-26(41-25-36(47)32-15-17-35(46)39-33(32)16-18-37(48)44-39)27-11-13-29(14-12-27)42-38(49)21-24-45-22-19-30(20-23-45)51-40(50)43-34-10-6-5-9-31(34)28-7-3-2-4-8-28/h2-18,26,30,36,41,46-47H,19-25H2,1H3,(H,42,49)(H,43,50)(H,44,48)/t26-,36+/m0/s1. The van der Waals surface area contributed by atoms with Crippen molar-refractivity contribution in [2.45, 2.75) is 44.4 Å². The van der Waals surface area contributed by atoms with Gasteiger partial charge in [0.1, 0.15) is 11.9 Å². The van der Waals surface area contributed by atoms with Crippen molar-refractivity contribution >= 4 is 34.3 Å². The first-order chi connectivity index (χ1) is 24.7. The molecule has 11 heteroatoms. The molecular formula is C40H43N5O6. The molecule has 0 saturated carbocycles. The molecule has 1 aliphatic heterocycles. The summed E-state index contributed by atoms with van der Waals surface area (Å²) in [7, 11) is 0. The molecule has 0 aliphatic carbocycles. The molecule has 0 spiro atoms. The molecule has 51 heavy (non-hydrogen) atoms. The van der Waals surface area contributed by atoms with Gasteiger partial charge in [-0.2, -0.15) is 0 Å². The first-order valence-electron chi connectivity index (χ1n) is 17.2. The van der Waals surface area contributed by atoms with Crippen molar-refractivity contribution in [2.75, 3.05) is 36.8 Å². The monoisotopic (exact) mass is 689 g/mol. The van der Waals surface area contributed by atoms with Crippen molar-refractivity contribution < 1.29 is 24.5 Å². The molecule has 6 rings (SSSR count). The van der Waals surface area contributed by atoms with Crippen LogP contribution in [0.3, 0.4) is 0 Å². The van der Waals surface area contributed by atoms with Gasteiger partial charge in [0.05, 0.1) is 17.3 Å². The fourth-order valence-electron chi connectivity index (χ4n) is 6.41. The summed E-state index contributed by atoms with van der Waals surface area (Å²) in [6.07, 6.45) is 0.231. The normalized spacial score (nSPS) is 14.9. The number of ether oxygens (including phenoxy) is 1. The molecule has 2 amide bonds. The van der Waals surface area contributed by atoms with Crippen molar-refractivity contribution in [3.63, 3.8) is 0 Å². The molecule has 264 valence electrons. The summed E-state index contributed by atoms with van der Waals surface area (Å²) in [6.45, 7) is 4.32. The van der Waals surface area contributed by atoms with E-state index in [4.69, 9.17) is 4.74 Å². The second-order valence-corrected chi connectivity index (χ2v) is 12.8. The lowest BCUT2D eigenvalue weighted by molar-refractivity contribution is -0.116. The second kappa shape index (κ2) is 16.5. The molecule has 5 aromatic rings. The van der Waals surface area contributed by atoms with Crippen LogP contribution in [0.15, 0.2) is 108 Å². The van der Waals surface area contributed by atoms with Crippen LogP contribution in [-0.2, 0) is 9.53 Å². The van der Waals surface area contributed by atoms with E-state index in [9.17, 15) is 24.6 Å². The van der Waals surface area contributed by atoms with Crippen LogP contribution < -0.4 is 21.5 Å². The van der Waals surface area contributed by atoms with Gasteiger partial charge < -0.3 is 35.5 Å². The minimum atomic E-state index is -0.869. The number of nitrogens with zero attached hydrogens (tertiary/aromatic N) is 1. The Kier molecular flexibility index (Phi) is 11.4. The van der Waals surface area contributed by atoms with E-state index < -0.39 is 12.2 Å². The number of phenolic OH excluding ortho intramolecular Hbond substituents is 1. The van der Waals surface area contributed by atoms with Crippen molar-refractivity contribution in [1.29, 1.82) is 0 Å². The molecule has 11 nitrogen and oxygen atoms in total. The summed E-state index contributed by atoms with van der Waals surface area (Å²) in [5.74, 6) is -0.128. The molecule has 0 unspecified atom stereocenters. The lowest BCUT2D eigenvalue weighted by atomic mass is 10.0. The number of carbonyl (C=O) groups is 2. The fourth-order valence-corrected chi connectivity index (χ4v) is 6.41. The van der Waals surface area contributed by atoms with Crippen molar-refractivity contribution in [1.82, 2.24) is 15.2 Å². The SMILES string of the molecule is C[C@H](NC[C@@H](O)c1ccc(O)c2[nH]c(=O)ccc12)c1ccc(NC(=O)CCN2CCC(OC(=O)Nc3ccccc3-c3ccccc3)CC2)cc1. The molecule has 1 fully saturated rings. The van der Waals surface area contributed by atoms with Gasteiger partial charge in [-0.15, -0.1) is 0 Å². The maximum atomic E-state index is 12.7. The molecule has 1 aromatic heterocycles. The highest BCUT2D eigenvalue weighted by Gasteiger charge is 2.23. The Morgan fingerprint density at radius 1 is 0.902 bits per heavy atom. The highest BCUT2D eigenvalue weighted by atomic mass is 16.6. The number of fused-ring (bicyclic) bond motifs is 1. The van der Waals surface area contributed by atoms with Crippen LogP contribution in [0.25, 0.3) is 22.0 Å². The summed E-state index contributed by atoms with van der Waals surface area (Å²) in [5, 5.41) is 30.8. The number of phenols is 1. The van der Waals surface area contributed by atoms with Crippen LogP contribution in [-0.4, -0.2) is 64.4 Å². The minimum absolute atomic E-state index is 0.0532. The van der Waals surface area contributed by atoms with Gasteiger partial charge in [-0.25, -0.2) is 4.79 Å². The number of amides is 2. The second-order valence-electron chi connectivity index (χ2n) is 12.8. The number of H-pyrrole nitrogens is 1. The largest absolute Gasteiger partial charge is 0.506 e. The molecule has 2 atom stereocenters. The summed E-state index contributed by atoms with van der Waals surface area (Å²) < 4.78 is 5.74. The van der Waals surface area contributed by atoms with Gasteiger partial charge in [-0.05, 0) is 66.8 Å². The van der Waals surface area contributed by atoms with E-state index in [1.807, 2.05) is 85.8 Å². The zero-order chi connectivity index (χ0) is 35.7. The number of aliphatic hydroxyl groups excluding tert-OH is 1. The predicted octanol–water partition coefficient (Wildman–Crippen LogP) is 6.33.